The molecule has 188 valence electrons. The second kappa shape index (κ2) is 9.66. The van der Waals surface area contributed by atoms with Crippen LogP contribution in [-0.4, -0.2) is 35.0 Å². The Labute approximate surface area is 203 Å². The lowest BCUT2D eigenvalue weighted by atomic mass is 10.2. The van der Waals surface area contributed by atoms with Gasteiger partial charge in [0.15, 0.2) is 0 Å². The molecule has 0 saturated heterocycles. The van der Waals surface area contributed by atoms with Gasteiger partial charge in [0.05, 0.1) is 23.0 Å². The molecule has 0 radical (unpaired) electrons. The van der Waals surface area contributed by atoms with Crippen molar-refractivity contribution in [2.45, 2.75) is 19.7 Å². The van der Waals surface area contributed by atoms with Crippen LogP contribution in [0.25, 0.3) is 10.9 Å². The SMILES string of the molecule is CC(=Nc1cc(C(F)(F)F)ccc1F)n1ccc2cc(Oc3cc(COS(C)(=O)=O)ncn3)ccc21. The number of hydrogen-bond donors (Lipinski definition) is 0. The van der Waals surface area contributed by atoms with Gasteiger partial charge in [0, 0.05) is 17.6 Å². The smallest absolute Gasteiger partial charge is 0.416 e. The highest BCUT2D eigenvalue weighted by Crippen LogP contribution is 2.33. The molecule has 13 heteroatoms. The van der Waals surface area contributed by atoms with E-state index in [2.05, 4.69) is 15.0 Å². The lowest BCUT2D eigenvalue weighted by Crippen LogP contribution is -2.07. The zero-order valence-corrected chi connectivity index (χ0v) is 19.6. The van der Waals surface area contributed by atoms with Crippen molar-refractivity contribution in [2.24, 2.45) is 4.99 Å². The predicted molar refractivity (Wildman–Crippen MR) is 123 cm³/mol. The highest BCUT2D eigenvalue weighted by molar-refractivity contribution is 7.85. The summed E-state index contributed by atoms with van der Waals surface area (Å²) < 4.78 is 87.5. The molecule has 0 aliphatic heterocycles. The summed E-state index contributed by atoms with van der Waals surface area (Å²) in [5.74, 6) is -0.0510. The van der Waals surface area contributed by atoms with Crippen LogP contribution in [0, 0.1) is 5.82 Å². The van der Waals surface area contributed by atoms with Crippen LogP contribution < -0.4 is 4.74 Å². The van der Waals surface area contributed by atoms with E-state index in [-0.39, 0.29) is 18.3 Å². The minimum absolute atomic E-state index is 0.161. The molecule has 0 unspecified atom stereocenters. The molecule has 0 bridgehead atoms. The van der Waals surface area contributed by atoms with Crippen LogP contribution in [0.1, 0.15) is 18.2 Å². The predicted octanol–water partition coefficient (Wildman–Crippen LogP) is 5.46. The molecule has 0 atom stereocenters. The lowest BCUT2D eigenvalue weighted by Gasteiger charge is -2.10. The molecule has 0 aliphatic carbocycles. The molecule has 0 spiro atoms. The molecular weight excluding hydrogens is 504 g/mol. The van der Waals surface area contributed by atoms with E-state index in [1.807, 2.05) is 0 Å². The van der Waals surface area contributed by atoms with Gasteiger partial charge >= 0.3 is 6.18 Å². The fourth-order valence-electron chi connectivity index (χ4n) is 3.27. The van der Waals surface area contributed by atoms with E-state index in [0.29, 0.717) is 34.5 Å². The Bertz CT molecular complexity index is 1570. The monoisotopic (exact) mass is 522 g/mol. The number of aliphatic imine (C=N–C) groups is 1. The van der Waals surface area contributed by atoms with Crippen molar-refractivity contribution in [3.8, 4) is 11.6 Å². The summed E-state index contributed by atoms with van der Waals surface area (Å²) in [6, 6.07) is 10.2. The highest BCUT2D eigenvalue weighted by Gasteiger charge is 2.31. The number of alkyl halides is 3. The molecule has 4 rings (SSSR count). The van der Waals surface area contributed by atoms with E-state index >= 15 is 0 Å². The molecule has 2 heterocycles. The van der Waals surface area contributed by atoms with Crippen LogP contribution in [0.5, 0.6) is 11.6 Å². The van der Waals surface area contributed by atoms with Gasteiger partial charge in [-0.1, -0.05) is 0 Å². The fourth-order valence-corrected chi connectivity index (χ4v) is 3.60. The number of fused-ring (bicyclic) bond motifs is 1. The summed E-state index contributed by atoms with van der Waals surface area (Å²) in [7, 11) is -3.64. The third-order valence-corrected chi connectivity index (χ3v) is 5.45. The van der Waals surface area contributed by atoms with Crippen molar-refractivity contribution in [1.29, 1.82) is 0 Å². The van der Waals surface area contributed by atoms with Gasteiger partial charge in [0.2, 0.25) is 5.88 Å². The zero-order valence-electron chi connectivity index (χ0n) is 18.8. The van der Waals surface area contributed by atoms with Gasteiger partial charge in [-0.15, -0.1) is 0 Å². The van der Waals surface area contributed by atoms with E-state index in [0.717, 1.165) is 12.3 Å². The Morgan fingerprint density at radius 3 is 2.58 bits per heavy atom. The van der Waals surface area contributed by atoms with Crippen molar-refractivity contribution >= 4 is 32.5 Å². The van der Waals surface area contributed by atoms with E-state index in [1.165, 1.54) is 12.4 Å². The Balaban J connectivity index is 1.57. The van der Waals surface area contributed by atoms with Gasteiger partial charge in [-0.05, 0) is 49.4 Å². The minimum Gasteiger partial charge on any atom is -0.439 e. The molecule has 0 amide bonds. The maximum Gasteiger partial charge on any atom is 0.416 e. The van der Waals surface area contributed by atoms with Crippen molar-refractivity contribution in [2.75, 3.05) is 6.26 Å². The van der Waals surface area contributed by atoms with E-state index in [1.54, 1.807) is 42.0 Å². The quantitative estimate of drug-likeness (QED) is 0.145. The number of hydrogen-bond acceptors (Lipinski definition) is 7. The second-order valence-electron chi connectivity index (χ2n) is 7.65. The number of aromatic nitrogens is 3. The summed E-state index contributed by atoms with van der Waals surface area (Å²) in [6.07, 6.45) is -0.842. The normalized spacial score (nSPS) is 12.8. The number of benzene rings is 2. The second-order valence-corrected chi connectivity index (χ2v) is 9.29. The van der Waals surface area contributed by atoms with Crippen molar-refractivity contribution in [3.05, 3.63) is 78.1 Å². The largest absolute Gasteiger partial charge is 0.439 e. The summed E-state index contributed by atoms with van der Waals surface area (Å²) in [5.41, 5.74) is -0.471. The molecule has 36 heavy (non-hydrogen) atoms. The molecule has 0 fully saturated rings. The molecule has 8 nitrogen and oxygen atoms in total. The first-order valence-corrected chi connectivity index (χ1v) is 12.1. The Hall–Kier alpha value is -3.84. The maximum absolute atomic E-state index is 14.1. The van der Waals surface area contributed by atoms with Gasteiger partial charge in [-0.2, -0.15) is 21.6 Å². The lowest BCUT2D eigenvalue weighted by molar-refractivity contribution is -0.137. The van der Waals surface area contributed by atoms with Crippen LogP contribution in [0.4, 0.5) is 23.2 Å². The molecular formula is C23H18F4N4O4S. The fraction of sp³-hybridized carbons (Fsp3) is 0.174. The van der Waals surface area contributed by atoms with E-state index in [9.17, 15) is 26.0 Å². The first-order valence-electron chi connectivity index (χ1n) is 10.3. The number of nitrogens with zero attached hydrogens (tertiary/aromatic N) is 4. The molecule has 2 aromatic carbocycles. The summed E-state index contributed by atoms with van der Waals surface area (Å²) in [4.78, 5) is 12.0. The topological polar surface area (TPSA) is 95.7 Å². The van der Waals surface area contributed by atoms with Gasteiger partial charge < -0.3 is 9.30 Å². The Morgan fingerprint density at radius 2 is 1.86 bits per heavy atom. The summed E-state index contributed by atoms with van der Waals surface area (Å²) >= 11 is 0. The van der Waals surface area contributed by atoms with Gasteiger partial charge in [-0.25, -0.2) is 19.4 Å². The van der Waals surface area contributed by atoms with Crippen LogP contribution in [0.2, 0.25) is 0 Å². The van der Waals surface area contributed by atoms with E-state index < -0.39 is 33.4 Å². The standard InChI is InChI=1S/C23H18F4N4O4S/c1-14(30-20-10-16(23(25,26)27)3-5-19(20)24)31-8-7-15-9-18(4-6-21(15)31)35-22-11-17(28-13-29-22)12-34-36(2,32)33/h3-11,13H,12H2,1-2H3. The molecule has 0 N–H and O–H groups in total. The molecule has 0 saturated carbocycles. The van der Waals surface area contributed by atoms with Crippen molar-refractivity contribution in [3.63, 3.8) is 0 Å². The molecule has 0 aliphatic rings. The van der Waals surface area contributed by atoms with Crippen molar-refractivity contribution in [1.82, 2.24) is 14.5 Å². The van der Waals surface area contributed by atoms with Gasteiger partial charge in [0.1, 0.15) is 36.0 Å². The average Bonchev–Trinajstić information content (AvgIpc) is 3.21. The maximum atomic E-state index is 14.1. The van der Waals surface area contributed by atoms with Crippen molar-refractivity contribution < 1.29 is 34.9 Å². The molecule has 4 aromatic rings. The zero-order chi connectivity index (χ0) is 26.1. The summed E-state index contributed by atoms with van der Waals surface area (Å²) in [6.45, 7) is 1.27. The Morgan fingerprint density at radius 1 is 1.08 bits per heavy atom. The number of rotatable bonds is 6. The van der Waals surface area contributed by atoms with E-state index in [4.69, 9.17) is 8.92 Å². The highest BCUT2D eigenvalue weighted by atomic mass is 32.2. The first-order chi connectivity index (χ1) is 16.9. The minimum atomic E-state index is -4.62. The van der Waals surface area contributed by atoms with Crippen LogP contribution in [-0.2, 0) is 27.1 Å². The third kappa shape index (κ3) is 6.04. The number of halogens is 4. The van der Waals surface area contributed by atoms with Crippen LogP contribution in [0.3, 0.4) is 0 Å². The number of ether oxygens (including phenoxy) is 1. The summed E-state index contributed by atoms with van der Waals surface area (Å²) in [5, 5.41) is 0.709. The van der Waals surface area contributed by atoms with Gasteiger partial charge in [0.25, 0.3) is 10.1 Å². The molecule has 2 aromatic heterocycles. The Kier molecular flexibility index (Phi) is 6.78. The average molecular weight is 522 g/mol. The van der Waals surface area contributed by atoms with Crippen LogP contribution >= 0.6 is 0 Å². The first kappa shape index (κ1) is 25.3. The van der Waals surface area contributed by atoms with Gasteiger partial charge in [-0.3, -0.25) is 4.18 Å². The van der Waals surface area contributed by atoms with Crippen LogP contribution in [0.15, 0.2) is 66.0 Å². The third-order valence-electron chi connectivity index (χ3n) is 4.91.